The van der Waals surface area contributed by atoms with Crippen molar-refractivity contribution in [2.45, 2.75) is 37.8 Å². The lowest BCUT2D eigenvalue weighted by Gasteiger charge is -2.25. The van der Waals surface area contributed by atoms with E-state index in [0.717, 1.165) is 0 Å². The zero-order valence-corrected chi connectivity index (χ0v) is 10.0. The molecule has 1 atom stereocenters. The normalized spacial score (nSPS) is 17.7. The topological polar surface area (TPSA) is 43.4 Å². The van der Waals surface area contributed by atoms with Gasteiger partial charge in [-0.25, -0.2) is 0 Å². The summed E-state index contributed by atoms with van der Waals surface area (Å²) in [6.07, 6.45) is 0. The molecule has 0 rings (SSSR count). The highest BCUT2D eigenvalue weighted by Crippen LogP contribution is 2.32. The van der Waals surface area contributed by atoms with Crippen molar-refractivity contribution in [3.8, 4) is 0 Å². The fourth-order valence-corrected chi connectivity index (χ4v) is 3.37. The fourth-order valence-electron chi connectivity index (χ4n) is 0.375. The molecule has 0 bridgehead atoms. The molecule has 1 unspecified atom stereocenters. The molecule has 0 heterocycles. The molecule has 86 valence electrons. The Morgan fingerprint density at radius 1 is 1.36 bits per heavy atom. The first-order chi connectivity index (χ1) is 6.44. The van der Waals surface area contributed by atoms with Crippen LogP contribution in [-0.2, 0) is 14.0 Å². The van der Waals surface area contributed by atoms with Crippen LogP contribution in [0.5, 0.6) is 0 Å². The van der Waals surface area contributed by atoms with Crippen LogP contribution in [0.4, 0.5) is 13.2 Å². The third-order valence-electron chi connectivity index (χ3n) is 1.66. The van der Waals surface area contributed by atoms with E-state index < -0.39 is 29.7 Å². The minimum absolute atomic E-state index is 0.173. The largest absolute Gasteiger partial charge is 0.522 e. The van der Waals surface area contributed by atoms with E-state index in [-0.39, 0.29) is 6.90 Å². The summed E-state index contributed by atoms with van der Waals surface area (Å²) in [4.78, 5) is 0. The lowest BCUT2D eigenvalue weighted by Crippen LogP contribution is -2.35. The van der Waals surface area contributed by atoms with Crippen molar-refractivity contribution in [2.24, 2.45) is 0 Å². The van der Waals surface area contributed by atoms with Crippen molar-refractivity contribution in [3.05, 3.63) is 0 Å². The molecule has 0 fully saturated rings. The highest BCUT2D eigenvalue weighted by molar-refractivity contribution is 7.88. The molecule has 0 aliphatic carbocycles. The minimum Gasteiger partial charge on any atom is -0.312 e. The smallest absolute Gasteiger partial charge is 0.312 e. The number of hydrogen-bond donors (Lipinski definition) is 0. The zero-order valence-electron chi connectivity index (χ0n) is 9.05. The van der Waals surface area contributed by atoms with Crippen LogP contribution in [0.1, 0.15) is 22.1 Å². The van der Waals surface area contributed by atoms with Crippen LogP contribution in [0.15, 0.2) is 0 Å². The van der Waals surface area contributed by atoms with Gasteiger partial charge in [0, 0.05) is 1.37 Å². The Hall–Kier alpha value is -0.0831. The van der Waals surface area contributed by atoms with Crippen LogP contribution in [0.2, 0.25) is 11.6 Å². The average molecular weight is 251 g/mol. The van der Waals surface area contributed by atoms with E-state index in [1.54, 1.807) is 0 Å². The third kappa shape index (κ3) is 3.58. The van der Waals surface area contributed by atoms with E-state index in [1.165, 1.54) is 20.4 Å². The standard InChI is InChI=1S/C6H13F3O3SSi/c1-5(2,3)14(4)12-13(10,11)6(7,8)9/h14H,1-4H3/i1D. The van der Waals surface area contributed by atoms with Crippen molar-refractivity contribution in [1.82, 2.24) is 0 Å². The van der Waals surface area contributed by atoms with Gasteiger partial charge in [0.2, 0.25) is 9.04 Å². The van der Waals surface area contributed by atoms with Crippen molar-refractivity contribution in [1.29, 1.82) is 0 Å². The van der Waals surface area contributed by atoms with E-state index in [2.05, 4.69) is 3.87 Å². The second-order valence-electron chi connectivity index (χ2n) is 3.63. The van der Waals surface area contributed by atoms with Crippen LogP contribution in [0, 0.1) is 0 Å². The van der Waals surface area contributed by atoms with E-state index in [4.69, 9.17) is 1.37 Å². The number of rotatable bonds is 2. The Balaban J connectivity index is 4.78. The van der Waals surface area contributed by atoms with E-state index in [9.17, 15) is 21.6 Å². The Bertz CT molecular complexity index is 314. The predicted octanol–water partition coefficient (Wildman–Crippen LogP) is 2.01. The van der Waals surface area contributed by atoms with Gasteiger partial charge in [0.15, 0.2) is 0 Å². The summed E-state index contributed by atoms with van der Waals surface area (Å²) in [7, 11) is -8.14. The zero-order chi connectivity index (χ0) is 12.5. The minimum atomic E-state index is -5.51. The maximum absolute atomic E-state index is 11.9. The number of hydrogen-bond acceptors (Lipinski definition) is 3. The molecular weight excluding hydrogens is 237 g/mol. The molecule has 0 amide bonds. The molecule has 0 aromatic heterocycles. The maximum Gasteiger partial charge on any atom is 0.522 e. The van der Waals surface area contributed by atoms with E-state index in [1.807, 2.05) is 0 Å². The fraction of sp³-hybridized carbons (Fsp3) is 1.00. The molecule has 0 saturated heterocycles. The molecule has 14 heavy (non-hydrogen) atoms. The summed E-state index contributed by atoms with van der Waals surface area (Å²) < 4.78 is 68.3. The molecule has 0 aromatic carbocycles. The number of halogens is 3. The van der Waals surface area contributed by atoms with Gasteiger partial charge in [0.1, 0.15) is 0 Å². The lowest BCUT2D eigenvalue weighted by molar-refractivity contribution is -0.0502. The third-order valence-corrected chi connectivity index (χ3v) is 6.59. The summed E-state index contributed by atoms with van der Waals surface area (Å²) in [6, 6.07) is 0. The Kier molecular flexibility index (Phi) is 3.27. The predicted molar refractivity (Wildman–Crippen MR) is 48.8 cm³/mol. The summed E-state index contributed by atoms with van der Waals surface area (Å²) in [5.41, 5.74) is -5.38. The molecule has 0 aliphatic rings. The van der Waals surface area contributed by atoms with Gasteiger partial charge in [0.05, 0.1) is 0 Å². The Morgan fingerprint density at radius 2 is 1.79 bits per heavy atom. The molecule has 0 aliphatic heterocycles. The van der Waals surface area contributed by atoms with Crippen LogP contribution in [0.3, 0.4) is 0 Å². The first kappa shape index (κ1) is 12.0. The molecule has 8 heteroatoms. The van der Waals surface area contributed by atoms with Crippen LogP contribution in [-0.4, -0.2) is 23.0 Å². The highest BCUT2D eigenvalue weighted by atomic mass is 32.2. The summed E-state index contributed by atoms with van der Waals surface area (Å²) in [5.74, 6) is 0. The van der Waals surface area contributed by atoms with Crippen molar-refractivity contribution >= 4 is 19.2 Å². The Morgan fingerprint density at radius 3 is 2.07 bits per heavy atom. The first-order valence-electron chi connectivity index (χ1n) is 4.43. The lowest BCUT2D eigenvalue weighted by atomic mass is 10.3. The SMILES string of the molecule is [2H]CC(C)(C)[SiH](C)OS(=O)(=O)C(F)(F)F. The number of alkyl halides is 3. The molecule has 0 N–H and O–H groups in total. The molecule has 0 saturated carbocycles. The molecule has 0 radical (unpaired) electrons. The summed E-state index contributed by atoms with van der Waals surface area (Å²) >= 11 is 0. The van der Waals surface area contributed by atoms with Gasteiger partial charge in [-0.3, -0.25) is 0 Å². The van der Waals surface area contributed by atoms with Gasteiger partial charge in [-0.05, 0) is 11.6 Å². The van der Waals surface area contributed by atoms with Crippen LogP contribution >= 0.6 is 0 Å². The molecule has 0 spiro atoms. The quantitative estimate of drug-likeness (QED) is 0.557. The van der Waals surface area contributed by atoms with Crippen molar-refractivity contribution in [2.75, 3.05) is 0 Å². The average Bonchev–Trinajstić information content (AvgIpc) is 2.01. The Labute approximate surface area is 84.5 Å². The summed E-state index contributed by atoms with van der Waals surface area (Å²) in [5, 5.41) is -0.821. The molecular formula is C6H13F3O3SSi. The maximum atomic E-state index is 11.9. The van der Waals surface area contributed by atoms with Gasteiger partial charge >= 0.3 is 15.6 Å². The van der Waals surface area contributed by atoms with Gasteiger partial charge in [-0.15, -0.1) is 0 Å². The monoisotopic (exact) mass is 251 g/mol. The van der Waals surface area contributed by atoms with Crippen molar-refractivity contribution < 1.29 is 26.8 Å². The van der Waals surface area contributed by atoms with Gasteiger partial charge < -0.3 is 3.87 Å². The van der Waals surface area contributed by atoms with E-state index >= 15 is 0 Å². The van der Waals surface area contributed by atoms with Crippen molar-refractivity contribution in [3.63, 3.8) is 0 Å². The molecule has 3 nitrogen and oxygen atoms in total. The van der Waals surface area contributed by atoms with E-state index in [0.29, 0.717) is 0 Å². The van der Waals surface area contributed by atoms with Gasteiger partial charge in [0.25, 0.3) is 0 Å². The molecule has 0 aromatic rings. The van der Waals surface area contributed by atoms with Gasteiger partial charge in [-0.2, -0.15) is 21.6 Å². The second kappa shape index (κ2) is 3.82. The second-order valence-corrected chi connectivity index (χ2v) is 8.62. The van der Waals surface area contributed by atoms with Crippen LogP contribution in [0.25, 0.3) is 0 Å². The first-order valence-corrected chi connectivity index (χ1v) is 7.34. The summed E-state index contributed by atoms with van der Waals surface area (Å²) in [6.45, 7) is 4.19. The van der Waals surface area contributed by atoms with Crippen LogP contribution < -0.4 is 0 Å². The van der Waals surface area contributed by atoms with Gasteiger partial charge in [-0.1, -0.05) is 20.7 Å². The highest BCUT2D eigenvalue weighted by Gasteiger charge is 2.49.